The van der Waals surface area contributed by atoms with Crippen LogP contribution in [0.15, 0.2) is 24.5 Å². The minimum Gasteiger partial charge on any atom is -0.379 e. The van der Waals surface area contributed by atoms with Crippen LogP contribution in [0.4, 0.5) is 10.2 Å². The number of nitrogens with one attached hydrogen (secondary N) is 1. The van der Waals surface area contributed by atoms with Crippen LogP contribution in [0.1, 0.15) is 6.42 Å². The summed E-state index contributed by atoms with van der Waals surface area (Å²) in [7, 11) is 0. The Morgan fingerprint density at radius 2 is 2.17 bits per heavy atom. The molecule has 0 saturated carbocycles. The van der Waals surface area contributed by atoms with Crippen LogP contribution in [-0.2, 0) is 4.74 Å². The lowest BCUT2D eigenvalue weighted by molar-refractivity contribution is -0.00922. The average molecular weight is 348 g/mol. The fourth-order valence-corrected chi connectivity index (χ4v) is 5.06. The smallest absolute Gasteiger partial charge is 0.140 e. The second-order valence-electron chi connectivity index (χ2n) is 6.34. The third-order valence-corrected chi connectivity index (χ3v) is 6.20. The zero-order valence-corrected chi connectivity index (χ0v) is 14.3. The van der Waals surface area contributed by atoms with E-state index in [0.29, 0.717) is 16.7 Å². The number of benzene rings is 1. The van der Waals surface area contributed by atoms with Gasteiger partial charge in [-0.05, 0) is 24.3 Å². The molecule has 2 aromatic rings. The highest BCUT2D eigenvalue weighted by Gasteiger charge is 2.40. The van der Waals surface area contributed by atoms with Crippen LogP contribution < -0.4 is 5.32 Å². The molecule has 0 bridgehead atoms. The quantitative estimate of drug-likeness (QED) is 0.916. The Bertz CT molecular complexity index is 712. The predicted molar refractivity (Wildman–Crippen MR) is 95.1 cm³/mol. The molecule has 0 aliphatic carbocycles. The molecule has 1 atom stereocenters. The summed E-state index contributed by atoms with van der Waals surface area (Å²) < 4.78 is 19.7. The van der Waals surface area contributed by atoms with E-state index >= 15 is 0 Å². The van der Waals surface area contributed by atoms with Crippen molar-refractivity contribution < 1.29 is 9.13 Å². The zero-order valence-electron chi connectivity index (χ0n) is 13.5. The number of hydrogen-bond donors (Lipinski definition) is 1. The molecule has 7 heteroatoms. The number of anilines is 1. The zero-order chi connectivity index (χ0) is 16.4. The second kappa shape index (κ2) is 6.82. The molecular formula is C17H21FN4OS. The van der Waals surface area contributed by atoms with Crippen molar-refractivity contribution in [3.63, 3.8) is 0 Å². The van der Waals surface area contributed by atoms with Gasteiger partial charge in [0.05, 0.1) is 24.1 Å². The van der Waals surface area contributed by atoms with E-state index in [1.54, 1.807) is 6.07 Å². The van der Waals surface area contributed by atoms with Gasteiger partial charge in [-0.1, -0.05) is 6.07 Å². The van der Waals surface area contributed by atoms with Crippen LogP contribution in [0.5, 0.6) is 0 Å². The molecule has 0 amide bonds. The van der Waals surface area contributed by atoms with Gasteiger partial charge in [0.2, 0.25) is 0 Å². The molecule has 1 aromatic heterocycles. The molecular weight excluding hydrogens is 327 g/mol. The Morgan fingerprint density at radius 3 is 2.96 bits per heavy atom. The van der Waals surface area contributed by atoms with Gasteiger partial charge < -0.3 is 10.1 Å². The summed E-state index contributed by atoms with van der Waals surface area (Å²) in [5, 5.41) is 3.90. The molecule has 1 aromatic carbocycles. The normalized spacial score (nSPS) is 25.2. The Kier molecular flexibility index (Phi) is 4.56. The van der Waals surface area contributed by atoms with E-state index in [0.717, 1.165) is 50.8 Å². The predicted octanol–water partition coefficient (Wildman–Crippen LogP) is 2.39. The van der Waals surface area contributed by atoms with Gasteiger partial charge in [-0.3, -0.25) is 4.90 Å². The average Bonchev–Trinajstić information content (AvgIpc) is 3.11. The largest absolute Gasteiger partial charge is 0.379 e. The van der Waals surface area contributed by atoms with Gasteiger partial charge in [0.1, 0.15) is 18.0 Å². The van der Waals surface area contributed by atoms with E-state index in [2.05, 4.69) is 20.2 Å². The molecule has 24 heavy (non-hydrogen) atoms. The Morgan fingerprint density at radius 1 is 1.29 bits per heavy atom. The molecule has 2 aliphatic rings. The molecule has 1 N–H and O–H groups in total. The van der Waals surface area contributed by atoms with Gasteiger partial charge in [-0.2, -0.15) is 11.8 Å². The van der Waals surface area contributed by atoms with E-state index in [9.17, 15) is 4.39 Å². The number of ether oxygens (including phenoxy) is 1. The first-order chi connectivity index (χ1) is 11.8. The van der Waals surface area contributed by atoms with Crippen LogP contribution in [-0.4, -0.2) is 64.8 Å². The minimum absolute atomic E-state index is 0.0942. The summed E-state index contributed by atoms with van der Waals surface area (Å²) in [6.07, 6.45) is 2.63. The maximum atomic E-state index is 14.2. The lowest BCUT2D eigenvalue weighted by Crippen LogP contribution is -2.57. The molecule has 4 rings (SSSR count). The first-order valence-corrected chi connectivity index (χ1v) is 9.48. The SMILES string of the molecule is Fc1cccc2ncnc(NC[C@]3(N4CCOCC4)CCSC3)c12. The molecule has 0 unspecified atom stereocenters. The van der Waals surface area contributed by atoms with E-state index < -0.39 is 0 Å². The second-order valence-corrected chi connectivity index (χ2v) is 7.44. The summed E-state index contributed by atoms with van der Waals surface area (Å²) in [4.78, 5) is 11.0. The minimum atomic E-state index is -0.281. The molecule has 2 saturated heterocycles. The molecule has 2 aliphatic heterocycles. The van der Waals surface area contributed by atoms with Gasteiger partial charge >= 0.3 is 0 Å². The van der Waals surface area contributed by atoms with Crippen molar-refractivity contribution in [2.75, 3.05) is 49.7 Å². The van der Waals surface area contributed by atoms with Gasteiger partial charge in [0.15, 0.2) is 0 Å². The van der Waals surface area contributed by atoms with Crippen LogP contribution in [0.3, 0.4) is 0 Å². The van der Waals surface area contributed by atoms with Gasteiger partial charge in [0, 0.05) is 30.9 Å². The third kappa shape index (κ3) is 2.96. The maximum absolute atomic E-state index is 14.2. The topological polar surface area (TPSA) is 50.3 Å². The van der Waals surface area contributed by atoms with E-state index in [-0.39, 0.29) is 11.4 Å². The molecule has 0 spiro atoms. The fourth-order valence-electron chi connectivity index (χ4n) is 3.59. The third-order valence-electron chi connectivity index (χ3n) is 4.96. The Labute approximate surface area is 145 Å². The summed E-state index contributed by atoms with van der Waals surface area (Å²) in [5.74, 6) is 2.56. The number of aromatic nitrogens is 2. The van der Waals surface area contributed by atoms with E-state index in [1.165, 1.54) is 12.4 Å². The van der Waals surface area contributed by atoms with Gasteiger partial charge in [0.25, 0.3) is 0 Å². The summed E-state index contributed by atoms with van der Waals surface area (Å²) in [6.45, 7) is 4.26. The number of thioether (sulfide) groups is 1. The summed E-state index contributed by atoms with van der Waals surface area (Å²) in [5.41, 5.74) is 0.727. The Balaban J connectivity index is 1.59. The summed E-state index contributed by atoms with van der Waals surface area (Å²) in [6, 6.07) is 4.95. The highest BCUT2D eigenvalue weighted by atomic mass is 32.2. The molecule has 5 nitrogen and oxygen atoms in total. The van der Waals surface area contributed by atoms with Crippen molar-refractivity contribution >= 4 is 28.5 Å². The maximum Gasteiger partial charge on any atom is 0.140 e. The lowest BCUT2D eigenvalue weighted by atomic mass is 9.95. The van der Waals surface area contributed by atoms with Crippen LogP contribution in [0.2, 0.25) is 0 Å². The molecule has 2 fully saturated rings. The van der Waals surface area contributed by atoms with Gasteiger partial charge in [-0.15, -0.1) is 0 Å². The van der Waals surface area contributed by atoms with Crippen LogP contribution >= 0.6 is 11.8 Å². The van der Waals surface area contributed by atoms with Crippen molar-refractivity contribution in [3.8, 4) is 0 Å². The first-order valence-electron chi connectivity index (χ1n) is 8.32. The van der Waals surface area contributed by atoms with Crippen molar-refractivity contribution in [2.24, 2.45) is 0 Å². The number of halogens is 1. The van der Waals surface area contributed by atoms with E-state index in [4.69, 9.17) is 4.74 Å². The van der Waals surface area contributed by atoms with Crippen molar-refractivity contribution in [1.82, 2.24) is 14.9 Å². The molecule has 128 valence electrons. The number of fused-ring (bicyclic) bond motifs is 1. The van der Waals surface area contributed by atoms with Crippen molar-refractivity contribution in [3.05, 3.63) is 30.3 Å². The highest BCUT2D eigenvalue weighted by molar-refractivity contribution is 7.99. The van der Waals surface area contributed by atoms with Crippen molar-refractivity contribution in [1.29, 1.82) is 0 Å². The molecule has 0 radical (unpaired) electrons. The monoisotopic (exact) mass is 348 g/mol. The fraction of sp³-hybridized carbons (Fsp3) is 0.529. The highest BCUT2D eigenvalue weighted by Crippen LogP contribution is 2.35. The summed E-state index contributed by atoms with van der Waals surface area (Å²) >= 11 is 1.99. The number of morpholine rings is 1. The lowest BCUT2D eigenvalue weighted by Gasteiger charge is -2.43. The number of hydrogen-bond acceptors (Lipinski definition) is 6. The van der Waals surface area contributed by atoms with Crippen molar-refractivity contribution in [2.45, 2.75) is 12.0 Å². The Hall–Kier alpha value is -1.44. The number of nitrogens with zero attached hydrogens (tertiary/aromatic N) is 3. The first kappa shape index (κ1) is 16.1. The standard InChI is InChI=1S/C17H21FN4OS/c18-13-2-1-3-14-15(13)16(21-12-20-14)19-10-17(4-9-24-11-17)22-5-7-23-8-6-22/h1-3,12H,4-11H2,(H,19,20,21)/t17-/m1/s1. The van der Waals surface area contributed by atoms with Crippen LogP contribution in [0, 0.1) is 5.82 Å². The van der Waals surface area contributed by atoms with Gasteiger partial charge in [-0.25, -0.2) is 14.4 Å². The molecule has 3 heterocycles. The van der Waals surface area contributed by atoms with Crippen LogP contribution in [0.25, 0.3) is 10.9 Å². The number of rotatable bonds is 4. The van der Waals surface area contributed by atoms with E-state index in [1.807, 2.05) is 17.8 Å².